The Hall–Kier alpha value is -3.08. The van der Waals surface area contributed by atoms with E-state index in [4.69, 9.17) is 14.6 Å². The quantitative estimate of drug-likeness (QED) is 0.855. The van der Waals surface area contributed by atoms with Crippen molar-refractivity contribution in [2.45, 2.75) is 6.42 Å². The van der Waals surface area contributed by atoms with Gasteiger partial charge in [0.1, 0.15) is 18.1 Å². The number of ketones is 1. The summed E-state index contributed by atoms with van der Waals surface area (Å²) in [5, 5.41) is 8.63. The average molecular weight is 324 g/mol. The van der Waals surface area contributed by atoms with E-state index in [9.17, 15) is 9.59 Å². The summed E-state index contributed by atoms with van der Waals surface area (Å²) in [6, 6.07) is 14.3. The molecule has 1 N–H and O–H groups in total. The lowest BCUT2D eigenvalue weighted by molar-refractivity contribution is -0.137. The molecule has 0 amide bonds. The number of Topliss-reactive ketones (excluding diaryl/α,β-unsaturated/α-hetero) is 1. The molecule has 2 aromatic rings. The summed E-state index contributed by atoms with van der Waals surface area (Å²) in [7, 11) is 0. The van der Waals surface area contributed by atoms with Gasteiger partial charge in [0.2, 0.25) is 0 Å². The van der Waals surface area contributed by atoms with E-state index in [1.807, 2.05) is 12.1 Å². The van der Waals surface area contributed by atoms with E-state index < -0.39 is 5.97 Å². The molecule has 0 saturated carbocycles. The number of rotatable bonds is 5. The number of hydrogen-bond donors (Lipinski definition) is 1. The minimum absolute atomic E-state index is 0.0472. The Labute approximate surface area is 139 Å². The van der Waals surface area contributed by atoms with Gasteiger partial charge in [-0.1, -0.05) is 24.3 Å². The summed E-state index contributed by atoms with van der Waals surface area (Å²) in [6.07, 6.45) is 1.71. The number of carbonyl (C=O) groups excluding carboxylic acids is 1. The van der Waals surface area contributed by atoms with E-state index >= 15 is 0 Å². The molecule has 0 fully saturated rings. The minimum atomic E-state index is -0.906. The van der Waals surface area contributed by atoms with Crippen LogP contribution in [-0.4, -0.2) is 30.1 Å². The van der Waals surface area contributed by atoms with Crippen LogP contribution in [0.4, 0.5) is 0 Å². The van der Waals surface area contributed by atoms with Crippen LogP contribution in [0, 0.1) is 0 Å². The molecule has 5 nitrogen and oxygen atoms in total. The van der Waals surface area contributed by atoms with Gasteiger partial charge in [-0.15, -0.1) is 0 Å². The first-order valence-corrected chi connectivity index (χ1v) is 7.55. The second-order valence-corrected chi connectivity index (χ2v) is 5.35. The maximum atomic E-state index is 12.5. The molecule has 1 heterocycles. The zero-order chi connectivity index (χ0) is 16.9. The van der Waals surface area contributed by atoms with Gasteiger partial charge in [0.15, 0.2) is 5.78 Å². The van der Waals surface area contributed by atoms with Gasteiger partial charge in [-0.3, -0.25) is 9.59 Å². The Morgan fingerprint density at radius 1 is 1.21 bits per heavy atom. The van der Waals surface area contributed by atoms with Crippen LogP contribution in [0.25, 0.3) is 6.08 Å². The van der Waals surface area contributed by atoms with Crippen molar-refractivity contribution in [1.29, 1.82) is 0 Å². The molecule has 0 aliphatic carbocycles. The molecule has 2 aromatic carbocycles. The van der Waals surface area contributed by atoms with Crippen molar-refractivity contribution in [3.63, 3.8) is 0 Å². The maximum absolute atomic E-state index is 12.5. The zero-order valence-electron chi connectivity index (χ0n) is 12.9. The Bertz CT molecular complexity index is 807. The van der Waals surface area contributed by atoms with E-state index in [1.54, 1.807) is 42.5 Å². The van der Waals surface area contributed by atoms with Gasteiger partial charge >= 0.3 is 5.97 Å². The predicted octanol–water partition coefficient (Wildman–Crippen LogP) is 3.20. The Kier molecular flexibility index (Phi) is 4.61. The third-order valence-corrected chi connectivity index (χ3v) is 3.59. The maximum Gasteiger partial charge on any atom is 0.306 e. The zero-order valence-corrected chi connectivity index (χ0v) is 12.9. The Morgan fingerprint density at radius 3 is 2.88 bits per heavy atom. The van der Waals surface area contributed by atoms with Crippen molar-refractivity contribution in [3.05, 3.63) is 65.2 Å². The fraction of sp³-hybridized carbons (Fsp3) is 0.158. The molecule has 5 heteroatoms. The fourth-order valence-corrected chi connectivity index (χ4v) is 2.43. The van der Waals surface area contributed by atoms with Crippen LogP contribution in [-0.2, 0) is 4.79 Å². The first-order chi connectivity index (χ1) is 11.6. The van der Waals surface area contributed by atoms with Crippen LogP contribution in [0.1, 0.15) is 22.3 Å². The van der Waals surface area contributed by atoms with Gasteiger partial charge in [-0.25, -0.2) is 0 Å². The number of para-hydroxylation sites is 1. The molecular formula is C19H16O5. The normalized spacial score (nSPS) is 14.8. The number of carboxylic acids is 1. The van der Waals surface area contributed by atoms with Crippen molar-refractivity contribution in [1.82, 2.24) is 0 Å². The lowest BCUT2D eigenvalue weighted by atomic mass is 9.98. The second kappa shape index (κ2) is 7.00. The topological polar surface area (TPSA) is 72.8 Å². The van der Waals surface area contributed by atoms with Crippen LogP contribution >= 0.6 is 0 Å². The van der Waals surface area contributed by atoms with Crippen molar-refractivity contribution in [3.8, 4) is 11.5 Å². The molecule has 0 bridgehead atoms. The van der Waals surface area contributed by atoms with Crippen molar-refractivity contribution < 1.29 is 24.2 Å². The highest BCUT2D eigenvalue weighted by Crippen LogP contribution is 2.28. The standard InChI is InChI=1S/C19H16O5/c20-18(21)8-9-23-15-5-3-4-13(11-15)10-14-12-24-17-7-2-1-6-16(17)19(14)22/h1-7,10-11H,8-9,12H2,(H,20,21). The summed E-state index contributed by atoms with van der Waals surface area (Å²) >= 11 is 0. The first kappa shape index (κ1) is 15.8. The lowest BCUT2D eigenvalue weighted by Crippen LogP contribution is -2.18. The van der Waals surface area contributed by atoms with Crippen LogP contribution in [0.5, 0.6) is 11.5 Å². The molecule has 1 aliphatic rings. The second-order valence-electron chi connectivity index (χ2n) is 5.35. The van der Waals surface area contributed by atoms with E-state index in [0.29, 0.717) is 22.6 Å². The molecular weight excluding hydrogens is 308 g/mol. The SMILES string of the molecule is O=C(O)CCOc1cccc(C=C2COc3ccccc3C2=O)c1. The smallest absolute Gasteiger partial charge is 0.306 e. The van der Waals surface area contributed by atoms with Crippen LogP contribution in [0.3, 0.4) is 0 Å². The molecule has 0 spiro atoms. The number of hydrogen-bond acceptors (Lipinski definition) is 4. The number of aliphatic carboxylic acids is 1. The third kappa shape index (κ3) is 3.63. The van der Waals surface area contributed by atoms with E-state index in [1.165, 1.54) is 0 Å². The fourth-order valence-electron chi connectivity index (χ4n) is 2.43. The lowest BCUT2D eigenvalue weighted by Gasteiger charge is -2.18. The molecule has 1 aliphatic heterocycles. The summed E-state index contributed by atoms with van der Waals surface area (Å²) in [6.45, 7) is 0.324. The van der Waals surface area contributed by atoms with Gasteiger partial charge < -0.3 is 14.6 Å². The third-order valence-electron chi connectivity index (χ3n) is 3.59. The first-order valence-electron chi connectivity index (χ1n) is 7.55. The largest absolute Gasteiger partial charge is 0.493 e. The predicted molar refractivity (Wildman–Crippen MR) is 88.4 cm³/mol. The molecule has 0 saturated heterocycles. The minimum Gasteiger partial charge on any atom is -0.493 e. The molecule has 0 aromatic heterocycles. The van der Waals surface area contributed by atoms with Gasteiger partial charge in [0, 0.05) is 5.57 Å². The highest BCUT2D eigenvalue weighted by molar-refractivity contribution is 6.14. The van der Waals surface area contributed by atoms with E-state index in [0.717, 1.165) is 5.56 Å². The van der Waals surface area contributed by atoms with Gasteiger partial charge in [-0.05, 0) is 35.9 Å². The van der Waals surface area contributed by atoms with E-state index in [-0.39, 0.29) is 25.4 Å². The van der Waals surface area contributed by atoms with Crippen molar-refractivity contribution in [2.24, 2.45) is 0 Å². The van der Waals surface area contributed by atoms with Gasteiger partial charge in [-0.2, -0.15) is 0 Å². The highest BCUT2D eigenvalue weighted by atomic mass is 16.5. The summed E-state index contributed by atoms with van der Waals surface area (Å²) in [4.78, 5) is 23.0. The van der Waals surface area contributed by atoms with Crippen molar-refractivity contribution in [2.75, 3.05) is 13.2 Å². The number of ether oxygens (including phenoxy) is 2. The van der Waals surface area contributed by atoms with Gasteiger partial charge in [0.25, 0.3) is 0 Å². The van der Waals surface area contributed by atoms with Crippen LogP contribution < -0.4 is 9.47 Å². The monoisotopic (exact) mass is 324 g/mol. The number of carbonyl (C=O) groups is 2. The van der Waals surface area contributed by atoms with Crippen molar-refractivity contribution >= 4 is 17.8 Å². The summed E-state index contributed by atoms with van der Waals surface area (Å²) in [5.74, 6) is 0.214. The Balaban J connectivity index is 1.77. The highest BCUT2D eigenvalue weighted by Gasteiger charge is 2.22. The number of benzene rings is 2. The molecule has 0 radical (unpaired) electrons. The molecule has 24 heavy (non-hydrogen) atoms. The van der Waals surface area contributed by atoms with Crippen LogP contribution in [0.15, 0.2) is 54.1 Å². The molecule has 0 atom stereocenters. The average Bonchev–Trinajstić information content (AvgIpc) is 2.58. The van der Waals surface area contributed by atoms with Crippen LogP contribution in [0.2, 0.25) is 0 Å². The summed E-state index contributed by atoms with van der Waals surface area (Å²) < 4.78 is 11.0. The number of fused-ring (bicyclic) bond motifs is 1. The Morgan fingerprint density at radius 2 is 2.04 bits per heavy atom. The molecule has 122 valence electrons. The van der Waals surface area contributed by atoms with Gasteiger partial charge in [0.05, 0.1) is 18.6 Å². The molecule has 0 unspecified atom stereocenters. The summed E-state index contributed by atoms with van der Waals surface area (Å²) in [5.41, 5.74) is 1.93. The molecule has 3 rings (SSSR count). The van der Waals surface area contributed by atoms with E-state index in [2.05, 4.69) is 0 Å². The number of carboxylic acid groups (broad SMARTS) is 1.